The number of hydrogen-bond donors (Lipinski definition) is 2. The number of nitrogens with one attached hydrogen (secondary N) is 1. The number of rotatable bonds is 10. The number of allylic oxidation sites excluding steroid dienone is 2. The van der Waals surface area contributed by atoms with Crippen LogP contribution < -0.4 is 0 Å². The van der Waals surface area contributed by atoms with Gasteiger partial charge in [-0.05, 0) is 128 Å². The van der Waals surface area contributed by atoms with Crippen molar-refractivity contribution >= 4 is 35.0 Å². The van der Waals surface area contributed by atoms with E-state index in [4.69, 9.17) is 21.7 Å². The van der Waals surface area contributed by atoms with Gasteiger partial charge in [-0.2, -0.15) is 0 Å². The van der Waals surface area contributed by atoms with Crippen LogP contribution in [0, 0.1) is 108 Å². The van der Waals surface area contributed by atoms with Gasteiger partial charge in [-0.1, -0.05) is 90.3 Å². The number of carbonyl (C=O) groups excluding carboxylic acids is 2. The number of ether oxygens (including phenoxy) is 1. The Bertz CT molecular complexity index is 1680. The van der Waals surface area contributed by atoms with E-state index in [0.717, 1.165) is 62.5 Å². The Balaban J connectivity index is 0.00000541. The minimum Gasteiger partial charge on any atom is -0.481 e. The van der Waals surface area contributed by atoms with Crippen molar-refractivity contribution < 1.29 is 64.2 Å². The zero-order chi connectivity index (χ0) is 38.2. The molecule has 6 nitrogen and oxygen atoms in total. The second-order valence-corrected chi connectivity index (χ2v) is 20.2. The standard InChI is InChI=1S/C45H63ClNO5.Th/c1-27(2)37-32(48)25-45(21-16-29(47)24-28-12-10-11-13-31(28)46)23-22-43(8)30(38(37)45)14-15-34-42(7)19-18-35(52-36(49)26-40(3,4)39(50)51)41(5,6)33(42)17-20-44(34,43)9;/h10-13,21,27,30,33-35,47H,14-20,22-26H2,1-9H3,(H,50,51);/q-1;/t30-,33+,34-,35+,42+,43-,44-,45+;/m1./s1. The first-order chi connectivity index (χ1) is 24.1. The van der Waals surface area contributed by atoms with Crippen molar-refractivity contribution in [3.8, 4) is 0 Å². The number of carboxylic acids is 1. The average Bonchev–Trinajstić information content (AvgIpc) is 3.35. The summed E-state index contributed by atoms with van der Waals surface area (Å²) in [6, 6.07) is 7.78. The van der Waals surface area contributed by atoms with Gasteiger partial charge in [0.1, 0.15) is 6.10 Å². The quantitative estimate of drug-likeness (QED) is 0.138. The molecule has 0 saturated heterocycles. The third-order valence-corrected chi connectivity index (χ3v) is 16.3. The molecule has 0 aliphatic heterocycles. The summed E-state index contributed by atoms with van der Waals surface area (Å²) in [6.45, 7) is 19.8. The summed E-state index contributed by atoms with van der Waals surface area (Å²) in [4.78, 5) is 38.9. The normalized spacial score (nSPS) is 36.1. The first kappa shape index (κ1) is 43.0. The Morgan fingerprint density at radius 3 is 2.30 bits per heavy atom. The molecule has 0 radical (unpaired) electrons. The van der Waals surface area contributed by atoms with Crippen molar-refractivity contribution in [2.45, 2.75) is 145 Å². The second kappa shape index (κ2) is 15.0. The number of ketones is 1. The third-order valence-electron chi connectivity index (χ3n) is 16.0. The summed E-state index contributed by atoms with van der Waals surface area (Å²) in [6.07, 6.45) is 11.8. The molecule has 0 amide bonds. The molecule has 2 N–H and O–H groups in total. The molecular formula is C45H63ClNO5Th-. The number of benzene rings is 1. The van der Waals surface area contributed by atoms with Crippen molar-refractivity contribution in [1.29, 1.82) is 5.41 Å². The number of halogens is 1. The Morgan fingerprint density at radius 1 is 0.981 bits per heavy atom. The van der Waals surface area contributed by atoms with E-state index in [1.165, 1.54) is 5.57 Å². The van der Waals surface area contributed by atoms with Gasteiger partial charge < -0.3 is 21.7 Å². The molecule has 0 unspecified atom stereocenters. The fraction of sp³-hybridized carbons (Fsp3) is 0.711. The van der Waals surface area contributed by atoms with Crippen LogP contribution in [-0.2, 0) is 25.5 Å². The Morgan fingerprint density at radius 2 is 1.66 bits per heavy atom. The molecule has 0 heterocycles. The first-order valence-electron chi connectivity index (χ1n) is 20.0. The van der Waals surface area contributed by atoms with Crippen LogP contribution in [0.15, 0.2) is 35.4 Å². The zero-order valence-electron chi connectivity index (χ0n) is 33.7. The number of carboxylic acid groups (broad SMARTS) is 1. The fourth-order valence-corrected chi connectivity index (χ4v) is 13.2. The molecule has 0 bridgehead atoms. The largest absolute Gasteiger partial charge is 0.481 e. The van der Waals surface area contributed by atoms with E-state index >= 15 is 0 Å². The summed E-state index contributed by atoms with van der Waals surface area (Å²) in [5.41, 5.74) is 2.65. The topological polar surface area (TPSA) is 105 Å². The van der Waals surface area contributed by atoms with Crippen molar-refractivity contribution in [2.24, 2.45) is 56.2 Å². The summed E-state index contributed by atoms with van der Waals surface area (Å²) in [5.74, 6) is 0.319. The van der Waals surface area contributed by atoms with Gasteiger partial charge in [0.05, 0.1) is 11.8 Å². The minimum atomic E-state index is -1.16. The predicted molar refractivity (Wildman–Crippen MR) is 207 cm³/mol. The number of aliphatic carboxylic acids is 1. The van der Waals surface area contributed by atoms with E-state index in [2.05, 4.69) is 54.9 Å². The maximum absolute atomic E-state index is 14.0. The zero-order valence-corrected chi connectivity index (χ0v) is 38.6. The maximum atomic E-state index is 14.0. The molecule has 4 fully saturated rings. The van der Waals surface area contributed by atoms with Gasteiger partial charge >= 0.3 is 11.9 Å². The van der Waals surface area contributed by atoms with Gasteiger partial charge in [0, 0.05) is 56.8 Å². The van der Waals surface area contributed by atoms with Gasteiger partial charge in [0.15, 0.2) is 5.78 Å². The van der Waals surface area contributed by atoms with E-state index in [1.807, 2.05) is 24.3 Å². The molecule has 4 saturated carbocycles. The SMILES string of the molecule is CC(C)C1=C2[C@H]3CC[C@@H]4[C@@]5(C)CC[C@H](OC(=O)CC(C)(C)C(=O)O)C(C)(C)[C@@H]5CC[C@@]4(C)[C@]3(C)CC[C@@]2([CH-]CC(=N)Cc2ccccc2Cl)CC1=O.[Th]. The number of Topliss-reactive ketones (excluding diaryl/α,β-unsaturated/α-hetero) is 1. The Labute approximate surface area is 356 Å². The molecule has 290 valence electrons. The van der Waals surface area contributed by atoms with Crippen LogP contribution in [0.25, 0.3) is 0 Å². The summed E-state index contributed by atoms with van der Waals surface area (Å²) >= 11 is 6.47. The van der Waals surface area contributed by atoms with Gasteiger partial charge in [0.25, 0.3) is 0 Å². The molecule has 1 aromatic carbocycles. The maximum Gasteiger partial charge on any atom is 0.309 e. The number of esters is 1. The smallest absolute Gasteiger partial charge is 0.309 e. The number of fused-ring (bicyclic) bond motifs is 7. The molecule has 53 heavy (non-hydrogen) atoms. The summed E-state index contributed by atoms with van der Waals surface area (Å²) < 4.78 is 6.17. The van der Waals surface area contributed by atoms with Crippen LogP contribution in [0.3, 0.4) is 0 Å². The fourth-order valence-electron chi connectivity index (χ4n) is 13.0. The third kappa shape index (κ3) is 7.09. The first-order valence-corrected chi connectivity index (χ1v) is 20.4. The van der Waals surface area contributed by atoms with Crippen LogP contribution in [0.4, 0.5) is 0 Å². The van der Waals surface area contributed by atoms with Gasteiger partial charge in [-0.15, -0.1) is 11.8 Å². The molecular weight excluding hydrogens is 902 g/mol. The summed E-state index contributed by atoms with van der Waals surface area (Å²) in [7, 11) is 0. The van der Waals surface area contributed by atoms with Crippen LogP contribution in [0.5, 0.6) is 0 Å². The average molecular weight is 965 g/mol. The van der Waals surface area contributed by atoms with E-state index in [0.29, 0.717) is 53.5 Å². The number of hydrogen-bond acceptors (Lipinski definition) is 5. The van der Waals surface area contributed by atoms with Crippen LogP contribution in [0.2, 0.25) is 5.02 Å². The molecule has 0 aromatic heterocycles. The van der Waals surface area contributed by atoms with Crippen LogP contribution in [0.1, 0.15) is 139 Å². The van der Waals surface area contributed by atoms with Gasteiger partial charge in [-0.25, -0.2) is 0 Å². The molecule has 5 aliphatic carbocycles. The van der Waals surface area contributed by atoms with Crippen molar-refractivity contribution in [3.05, 3.63) is 52.4 Å². The van der Waals surface area contributed by atoms with Crippen molar-refractivity contribution in [3.63, 3.8) is 0 Å². The Hall–Kier alpha value is -1.15. The minimum absolute atomic E-state index is 0. The molecule has 1 aromatic rings. The van der Waals surface area contributed by atoms with E-state index < -0.39 is 17.4 Å². The monoisotopic (exact) mass is 964 g/mol. The van der Waals surface area contributed by atoms with Gasteiger partial charge in [-0.3, -0.25) is 14.4 Å². The molecule has 8 atom stereocenters. The molecule has 0 spiro atoms. The second-order valence-electron chi connectivity index (χ2n) is 19.8. The number of carbonyl (C=O) groups is 3. The molecule has 5 aliphatic rings. The van der Waals surface area contributed by atoms with E-state index in [-0.39, 0.29) is 85.5 Å². The van der Waals surface area contributed by atoms with Crippen LogP contribution in [-0.4, -0.2) is 34.6 Å². The predicted octanol–water partition coefficient (Wildman–Crippen LogP) is 10.9. The summed E-state index contributed by atoms with van der Waals surface area (Å²) in [5, 5.41) is 19.3. The van der Waals surface area contributed by atoms with Crippen molar-refractivity contribution in [2.75, 3.05) is 0 Å². The van der Waals surface area contributed by atoms with E-state index in [1.54, 1.807) is 13.8 Å². The molecule has 8 heteroatoms. The van der Waals surface area contributed by atoms with Crippen molar-refractivity contribution in [1.82, 2.24) is 0 Å². The van der Waals surface area contributed by atoms with Crippen LogP contribution >= 0.6 is 11.6 Å². The Kier molecular flexibility index (Phi) is 12.2. The van der Waals surface area contributed by atoms with Gasteiger partial charge in [0.2, 0.25) is 0 Å². The van der Waals surface area contributed by atoms with E-state index in [9.17, 15) is 19.5 Å². The molecule has 6 rings (SSSR count).